The van der Waals surface area contributed by atoms with Gasteiger partial charge in [-0.05, 0) is 29.8 Å². The van der Waals surface area contributed by atoms with Crippen LogP contribution < -0.4 is 4.74 Å². The molecule has 0 radical (unpaired) electrons. The number of methoxy groups -OCH3 is 1. The topological polar surface area (TPSA) is 59.8 Å². The lowest BCUT2D eigenvalue weighted by atomic mass is 9.98. The van der Waals surface area contributed by atoms with Gasteiger partial charge in [0, 0.05) is 5.56 Å². The zero-order valence-corrected chi connectivity index (χ0v) is 11.0. The molecule has 2 amide bonds. The summed E-state index contributed by atoms with van der Waals surface area (Å²) in [4.78, 5) is 25.7. The maximum absolute atomic E-state index is 12.4. The lowest BCUT2D eigenvalue weighted by Gasteiger charge is -2.26. The van der Waals surface area contributed by atoms with Gasteiger partial charge >= 0.3 is 0 Å². The summed E-state index contributed by atoms with van der Waals surface area (Å²) >= 11 is 0. The second-order valence-corrected chi connectivity index (χ2v) is 4.56. The minimum absolute atomic E-state index is 0.154. The number of carbonyl (C=O) groups is 2. The predicted molar refractivity (Wildman–Crippen MR) is 70.3 cm³/mol. The van der Waals surface area contributed by atoms with Crippen molar-refractivity contribution in [2.24, 2.45) is 0 Å². The maximum atomic E-state index is 12.4. The molecule has 1 aromatic carbocycles. The minimum atomic E-state index is -0.313. The monoisotopic (exact) mass is 271 g/mol. The van der Waals surface area contributed by atoms with E-state index >= 15 is 0 Å². The fourth-order valence-electron chi connectivity index (χ4n) is 2.27. The van der Waals surface area contributed by atoms with Crippen LogP contribution in [0.1, 0.15) is 21.7 Å². The molecule has 5 nitrogen and oxygen atoms in total. The van der Waals surface area contributed by atoms with E-state index in [1.807, 2.05) is 0 Å². The highest BCUT2D eigenvalue weighted by atomic mass is 16.5. The van der Waals surface area contributed by atoms with Crippen LogP contribution in [0.2, 0.25) is 0 Å². The molecule has 20 heavy (non-hydrogen) atoms. The van der Waals surface area contributed by atoms with E-state index in [4.69, 9.17) is 9.15 Å². The van der Waals surface area contributed by atoms with E-state index in [9.17, 15) is 9.59 Å². The molecule has 0 N–H and O–H groups in total. The Bertz CT molecular complexity index is 661. The number of rotatable bonds is 3. The van der Waals surface area contributed by atoms with Crippen LogP contribution in [0.25, 0.3) is 0 Å². The number of hydrogen-bond donors (Lipinski definition) is 0. The lowest BCUT2D eigenvalue weighted by molar-refractivity contribution is -0.129. The van der Waals surface area contributed by atoms with Gasteiger partial charge in [0.2, 0.25) is 5.91 Å². The number of amides is 2. The van der Waals surface area contributed by atoms with Crippen LogP contribution in [0.15, 0.2) is 41.0 Å². The van der Waals surface area contributed by atoms with Gasteiger partial charge < -0.3 is 9.15 Å². The number of imide groups is 1. The fraction of sp³-hybridized carbons (Fsp3) is 0.200. The molecule has 0 spiro atoms. The van der Waals surface area contributed by atoms with Crippen LogP contribution in [-0.2, 0) is 17.8 Å². The average Bonchev–Trinajstić information content (AvgIpc) is 2.96. The fourth-order valence-corrected chi connectivity index (χ4v) is 2.27. The molecule has 1 aliphatic heterocycles. The predicted octanol–water partition coefficient (Wildman–Crippen LogP) is 2.01. The van der Waals surface area contributed by atoms with Crippen LogP contribution in [-0.4, -0.2) is 23.8 Å². The second kappa shape index (κ2) is 4.85. The molecule has 0 atom stereocenters. The number of fused-ring (bicyclic) bond motifs is 1. The largest absolute Gasteiger partial charge is 0.497 e. The number of benzene rings is 1. The van der Waals surface area contributed by atoms with Crippen molar-refractivity contribution in [3.8, 4) is 5.75 Å². The zero-order valence-electron chi connectivity index (χ0n) is 11.0. The first-order valence-electron chi connectivity index (χ1n) is 6.23. The highest BCUT2D eigenvalue weighted by Gasteiger charge is 2.31. The van der Waals surface area contributed by atoms with E-state index in [1.54, 1.807) is 37.4 Å². The highest BCUT2D eigenvalue weighted by molar-refractivity contribution is 6.09. The molecule has 3 rings (SSSR count). The van der Waals surface area contributed by atoms with Crippen LogP contribution in [0, 0.1) is 0 Å². The zero-order chi connectivity index (χ0) is 14.1. The Balaban J connectivity index is 1.94. The van der Waals surface area contributed by atoms with Gasteiger partial charge in [0.15, 0.2) is 0 Å². The Morgan fingerprint density at radius 3 is 2.85 bits per heavy atom. The molecule has 5 heteroatoms. The number of nitrogens with zero attached hydrogens (tertiary/aromatic N) is 1. The summed E-state index contributed by atoms with van der Waals surface area (Å²) in [5.74, 6) is 0.651. The summed E-state index contributed by atoms with van der Waals surface area (Å²) in [7, 11) is 1.54. The molecular formula is C15H13NO4. The summed E-state index contributed by atoms with van der Waals surface area (Å²) in [5, 5.41) is 0. The molecule has 0 saturated heterocycles. The third-order valence-corrected chi connectivity index (χ3v) is 3.33. The Kier molecular flexibility index (Phi) is 3.02. The summed E-state index contributed by atoms with van der Waals surface area (Å²) in [6.07, 6.45) is 1.73. The van der Waals surface area contributed by atoms with Crippen LogP contribution >= 0.6 is 0 Å². The Morgan fingerprint density at radius 2 is 2.15 bits per heavy atom. The maximum Gasteiger partial charge on any atom is 0.261 e. The van der Waals surface area contributed by atoms with Crippen LogP contribution in [0.5, 0.6) is 5.75 Å². The van der Waals surface area contributed by atoms with E-state index in [2.05, 4.69) is 0 Å². The first-order chi connectivity index (χ1) is 9.69. The molecule has 0 unspecified atom stereocenters. The van der Waals surface area contributed by atoms with E-state index < -0.39 is 0 Å². The molecule has 0 bridgehead atoms. The van der Waals surface area contributed by atoms with Gasteiger partial charge in [0.25, 0.3) is 5.91 Å². The average molecular weight is 271 g/mol. The summed E-state index contributed by atoms with van der Waals surface area (Å²) in [6, 6.07) is 8.64. The molecule has 0 aliphatic carbocycles. The number of carbonyl (C=O) groups excluding carboxylic acids is 2. The quantitative estimate of drug-likeness (QED) is 0.801. The van der Waals surface area contributed by atoms with Crippen molar-refractivity contribution >= 4 is 11.8 Å². The van der Waals surface area contributed by atoms with Gasteiger partial charge in [-0.3, -0.25) is 14.5 Å². The third-order valence-electron chi connectivity index (χ3n) is 3.33. The van der Waals surface area contributed by atoms with Crippen LogP contribution in [0.3, 0.4) is 0 Å². The first-order valence-corrected chi connectivity index (χ1v) is 6.23. The second-order valence-electron chi connectivity index (χ2n) is 4.56. The smallest absolute Gasteiger partial charge is 0.261 e. The number of furan rings is 1. The molecule has 2 aromatic rings. The molecule has 0 fully saturated rings. The van der Waals surface area contributed by atoms with Crippen molar-refractivity contribution in [3.05, 3.63) is 53.5 Å². The SMILES string of the molecule is COc1ccc2c(c1)C(=O)N(Cc1ccco1)C(=O)C2. The van der Waals surface area contributed by atoms with Gasteiger partial charge in [-0.25, -0.2) is 0 Å². The van der Waals surface area contributed by atoms with Crippen molar-refractivity contribution in [3.63, 3.8) is 0 Å². The molecule has 102 valence electrons. The Hall–Kier alpha value is -2.56. The molecule has 2 heterocycles. The van der Waals surface area contributed by atoms with E-state index in [0.29, 0.717) is 17.1 Å². The van der Waals surface area contributed by atoms with Crippen molar-refractivity contribution in [2.75, 3.05) is 7.11 Å². The minimum Gasteiger partial charge on any atom is -0.497 e. The summed E-state index contributed by atoms with van der Waals surface area (Å²) in [5.41, 5.74) is 1.24. The summed E-state index contributed by atoms with van der Waals surface area (Å²) < 4.78 is 10.3. The number of hydrogen-bond acceptors (Lipinski definition) is 4. The van der Waals surface area contributed by atoms with Crippen LogP contribution in [0.4, 0.5) is 0 Å². The summed E-state index contributed by atoms with van der Waals surface area (Å²) in [6.45, 7) is 0.154. The van der Waals surface area contributed by atoms with Crippen molar-refractivity contribution in [2.45, 2.75) is 13.0 Å². The molecule has 1 aliphatic rings. The van der Waals surface area contributed by atoms with Gasteiger partial charge in [-0.2, -0.15) is 0 Å². The Labute approximate surface area is 115 Å². The lowest BCUT2D eigenvalue weighted by Crippen LogP contribution is -2.41. The molecule has 1 aromatic heterocycles. The third kappa shape index (κ3) is 2.07. The normalized spacial score (nSPS) is 14.3. The van der Waals surface area contributed by atoms with Gasteiger partial charge in [-0.15, -0.1) is 0 Å². The van der Waals surface area contributed by atoms with Crippen molar-refractivity contribution in [1.29, 1.82) is 0 Å². The molecular weight excluding hydrogens is 258 g/mol. The Morgan fingerprint density at radius 1 is 1.30 bits per heavy atom. The number of ether oxygens (including phenoxy) is 1. The highest BCUT2D eigenvalue weighted by Crippen LogP contribution is 2.25. The first kappa shape index (κ1) is 12.5. The van der Waals surface area contributed by atoms with E-state index in [0.717, 1.165) is 5.56 Å². The van der Waals surface area contributed by atoms with Crippen molar-refractivity contribution in [1.82, 2.24) is 4.90 Å². The van der Waals surface area contributed by atoms with E-state index in [-0.39, 0.29) is 24.8 Å². The van der Waals surface area contributed by atoms with Crippen molar-refractivity contribution < 1.29 is 18.7 Å². The van der Waals surface area contributed by atoms with Gasteiger partial charge in [-0.1, -0.05) is 6.07 Å². The molecule has 0 saturated carbocycles. The van der Waals surface area contributed by atoms with E-state index in [1.165, 1.54) is 11.2 Å². The van der Waals surface area contributed by atoms with Gasteiger partial charge in [0.05, 0.1) is 26.3 Å². The van der Waals surface area contributed by atoms with Gasteiger partial charge in [0.1, 0.15) is 11.5 Å². The standard InChI is InChI=1S/C15H13NO4/c1-19-11-5-4-10-7-14(17)16(15(18)13(10)8-11)9-12-3-2-6-20-12/h2-6,8H,7,9H2,1H3.